The maximum absolute atomic E-state index is 14.7. The van der Waals surface area contributed by atoms with Crippen LogP contribution in [0.3, 0.4) is 0 Å². The second-order valence-electron chi connectivity index (χ2n) is 16.6. The number of carbonyl (C=O) groups excluding carboxylic acids is 6. The maximum atomic E-state index is 14.7. The Morgan fingerprint density at radius 2 is 1.24 bits per heavy atom. The van der Waals surface area contributed by atoms with Crippen LogP contribution in [0.1, 0.15) is 61.6 Å². The molecule has 16 heteroatoms. The number of aromatic amines is 1. The Bertz CT molecular complexity index is 2200. The van der Waals surface area contributed by atoms with E-state index in [9.17, 15) is 33.9 Å². The van der Waals surface area contributed by atoms with Crippen LogP contribution in [-0.2, 0) is 48.0 Å². The number of benzene rings is 3. The molecule has 6 atom stereocenters. The van der Waals surface area contributed by atoms with E-state index in [-0.39, 0.29) is 43.8 Å². The third kappa shape index (κ3) is 13.1. The SMILES string of the molecule is CSCC[C@@H]1NC(=O)[C@H](CC2CC2)NC(=O)[C@H](CCCCN)NC(=O)[C@@H](Cc2c[nH]c3ccccc23)NC(=O)[C@H](Cc2ccc(O)cc2)NC(=O)[C@H](Cc2ccccc2)N(C)C1=O. The molecule has 3 aromatic carbocycles. The van der Waals surface area contributed by atoms with Gasteiger partial charge in [-0.1, -0.05) is 73.5 Å². The molecule has 0 unspecified atom stereocenters. The zero-order valence-electron chi connectivity index (χ0n) is 35.9. The van der Waals surface area contributed by atoms with Crippen LogP contribution in [0, 0.1) is 5.92 Å². The fraction of sp³-hybridized carbons (Fsp3) is 0.447. The Morgan fingerprint density at radius 1 is 0.651 bits per heavy atom. The van der Waals surface area contributed by atoms with E-state index in [4.69, 9.17) is 5.73 Å². The summed E-state index contributed by atoms with van der Waals surface area (Å²) in [4.78, 5) is 91.8. The fourth-order valence-corrected chi connectivity index (χ4v) is 8.45. The van der Waals surface area contributed by atoms with Crippen LogP contribution in [-0.4, -0.2) is 112 Å². The number of phenolic OH excluding ortho intramolecular Hbond substituents is 1. The smallest absolute Gasteiger partial charge is 0.245 e. The number of aromatic hydroxyl groups is 1. The number of nitrogens with two attached hydrogens (primary N) is 1. The largest absolute Gasteiger partial charge is 0.508 e. The Morgan fingerprint density at radius 3 is 1.94 bits per heavy atom. The van der Waals surface area contributed by atoms with Gasteiger partial charge in [0, 0.05) is 43.4 Å². The number of aromatic nitrogens is 1. The molecule has 0 spiro atoms. The number of hydrogen-bond donors (Lipinski definition) is 8. The maximum Gasteiger partial charge on any atom is 0.245 e. The quantitative estimate of drug-likeness (QED) is 0.0821. The molecule has 6 amide bonds. The van der Waals surface area contributed by atoms with E-state index in [1.807, 2.05) is 60.9 Å². The topological polar surface area (TPSA) is 228 Å². The van der Waals surface area contributed by atoms with Crippen LogP contribution >= 0.6 is 11.8 Å². The van der Waals surface area contributed by atoms with E-state index in [0.717, 1.165) is 34.9 Å². The zero-order valence-corrected chi connectivity index (χ0v) is 36.8. The molecule has 1 aliphatic heterocycles. The van der Waals surface area contributed by atoms with Crippen molar-refractivity contribution < 1.29 is 33.9 Å². The molecule has 1 aromatic heterocycles. The molecule has 9 N–H and O–H groups in total. The summed E-state index contributed by atoms with van der Waals surface area (Å²) in [6.45, 7) is 0.370. The summed E-state index contributed by atoms with van der Waals surface area (Å²) in [6.07, 6.45) is 7.42. The van der Waals surface area contributed by atoms with E-state index in [2.05, 4.69) is 31.6 Å². The number of thioether (sulfide) groups is 1. The number of phenols is 1. The predicted octanol–water partition coefficient (Wildman–Crippen LogP) is 2.85. The highest BCUT2D eigenvalue weighted by Gasteiger charge is 2.39. The van der Waals surface area contributed by atoms with Crippen molar-refractivity contribution in [2.45, 2.75) is 100 Å². The number of para-hydroxylation sites is 1. The summed E-state index contributed by atoms with van der Waals surface area (Å²) in [6, 6.07) is 16.2. The highest BCUT2D eigenvalue weighted by molar-refractivity contribution is 7.98. The number of nitrogens with zero attached hydrogens (tertiary/aromatic N) is 1. The minimum Gasteiger partial charge on any atom is -0.508 e. The molecule has 0 bridgehead atoms. The van der Waals surface area contributed by atoms with Crippen molar-refractivity contribution in [3.63, 3.8) is 0 Å². The number of fused-ring (bicyclic) bond motifs is 1. The van der Waals surface area contributed by atoms with Crippen LogP contribution in [0.25, 0.3) is 10.9 Å². The molecule has 2 heterocycles. The lowest BCUT2D eigenvalue weighted by Crippen LogP contribution is -2.62. The molecule has 336 valence electrons. The van der Waals surface area contributed by atoms with E-state index in [1.165, 1.54) is 35.8 Å². The fourth-order valence-electron chi connectivity index (χ4n) is 7.98. The Balaban J connectivity index is 1.43. The van der Waals surface area contributed by atoms with Crippen molar-refractivity contribution >= 4 is 58.1 Å². The Labute approximate surface area is 372 Å². The molecule has 15 nitrogen and oxygen atoms in total. The van der Waals surface area contributed by atoms with Gasteiger partial charge in [-0.15, -0.1) is 0 Å². The minimum atomic E-state index is -1.26. The molecular weight excluding hydrogens is 821 g/mol. The zero-order chi connectivity index (χ0) is 44.9. The van der Waals surface area contributed by atoms with Gasteiger partial charge < -0.3 is 47.3 Å². The molecule has 1 aliphatic carbocycles. The van der Waals surface area contributed by atoms with Crippen LogP contribution in [0.2, 0.25) is 0 Å². The van der Waals surface area contributed by atoms with Gasteiger partial charge in [-0.3, -0.25) is 28.8 Å². The summed E-state index contributed by atoms with van der Waals surface area (Å²) in [5, 5.41) is 25.5. The second-order valence-corrected chi connectivity index (χ2v) is 17.6. The highest BCUT2D eigenvalue weighted by Crippen LogP contribution is 2.33. The third-order valence-electron chi connectivity index (χ3n) is 11.8. The first-order chi connectivity index (χ1) is 30.4. The monoisotopic (exact) mass is 880 g/mol. The third-order valence-corrected chi connectivity index (χ3v) is 12.5. The predicted molar refractivity (Wildman–Crippen MR) is 243 cm³/mol. The molecule has 1 saturated carbocycles. The lowest BCUT2D eigenvalue weighted by Gasteiger charge is -2.33. The van der Waals surface area contributed by atoms with Crippen LogP contribution < -0.4 is 32.3 Å². The molecule has 2 aliphatic rings. The van der Waals surface area contributed by atoms with Gasteiger partial charge in [0.1, 0.15) is 42.0 Å². The summed E-state index contributed by atoms with van der Waals surface area (Å²) < 4.78 is 0. The number of nitrogens with one attached hydrogen (secondary N) is 6. The van der Waals surface area contributed by atoms with Gasteiger partial charge in [-0.25, -0.2) is 0 Å². The summed E-state index contributed by atoms with van der Waals surface area (Å²) in [5.74, 6) is -2.79. The van der Waals surface area contributed by atoms with Crippen molar-refractivity contribution in [3.05, 3.63) is 102 Å². The summed E-state index contributed by atoms with van der Waals surface area (Å²) in [5.41, 5.74) is 8.75. The highest BCUT2D eigenvalue weighted by atomic mass is 32.2. The second kappa shape index (κ2) is 22.5. The van der Waals surface area contributed by atoms with Gasteiger partial charge >= 0.3 is 0 Å². The van der Waals surface area contributed by atoms with Gasteiger partial charge in [-0.2, -0.15) is 11.8 Å². The van der Waals surface area contributed by atoms with Crippen LogP contribution in [0.15, 0.2) is 85.1 Å². The van der Waals surface area contributed by atoms with E-state index < -0.39 is 71.7 Å². The normalized spacial score (nSPS) is 23.3. The molecule has 6 rings (SSSR count). The van der Waals surface area contributed by atoms with E-state index >= 15 is 0 Å². The van der Waals surface area contributed by atoms with Crippen molar-refractivity contribution in [1.29, 1.82) is 0 Å². The average molecular weight is 881 g/mol. The standard InChI is InChI=1S/C47H60N8O7S/c1-55-41(26-29-10-4-3-5-11-29)46(61)54-39(25-31-17-19-33(56)20-18-31)44(59)53-40(27-32-28-49-35-13-7-6-12-34(32)35)45(60)50-36(14-8-9-22-48)42(57)52-38(24-30-15-16-30)43(58)51-37(47(55)62)21-23-63-2/h3-7,10-13,17-20,28,30,36-41,49,56H,8-9,14-16,21-27,48H2,1-2H3,(H,50,60)(H,51,58)(H,52,57)(H,53,59)(H,54,61)/t36-,37-,38-,39-,40+,41-/m0/s1. The van der Waals surface area contributed by atoms with Crippen LogP contribution in [0.4, 0.5) is 0 Å². The number of unbranched alkanes of at least 4 members (excludes halogenated alkanes) is 1. The number of likely N-dealkylation sites (N-methyl/N-ethyl adjacent to an activating group) is 1. The minimum absolute atomic E-state index is 0.0162. The van der Waals surface area contributed by atoms with Crippen molar-refractivity contribution in [2.24, 2.45) is 11.7 Å². The molecule has 1 saturated heterocycles. The molecule has 4 aromatic rings. The first kappa shape index (κ1) is 46.6. The summed E-state index contributed by atoms with van der Waals surface area (Å²) >= 11 is 1.50. The molecule has 63 heavy (non-hydrogen) atoms. The Kier molecular flexibility index (Phi) is 16.6. The number of rotatable bonds is 15. The average Bonchev–Trinajstić information content (AvgIpc) is 4.02. The lowest BCUT2D eigenvalue weighted by molar-refractivity contribution is -0.143. The molecule has 0 radical (unpaired) electrons. The van der Waals surface area contributed by atoms with Gasteiger partial charge in [0.2, 0.25) is 35.4 Å². The van der Waals surface area contributed by atoms with Crippen molar-refractivity contribution in [3.8, 4) is 5.75 Å². The molecular formula is C47H60N8O7S. The first-order valence-corrected chi connectivity index (χ1v) is 23.2. The molecule has 2 fully saturated rings. The number of amides is 6. The summed E-state index contributed by atoms with van der Waals surface area (Å²) in [7, 11) is 1.51. The number of hydrogen-bond acceptors (Lipinski definition) is 9. The Hall–Kier alpha value is -5.87. The van der Waals surface area contributed by atoms with E-state index in [0.29, 0.717) is 37.1 Å². The van der Waals surface area contributed by atoms with Crippen molar-refractivity contribution in [1.82, 2.24) is 36.5 Å². The van der Waals surface area contributed by atoms with E-state index in [1.54, 1.807) is 18.3 Å². The van der Waals surface area contributed by atoms with Gasteiger partial charge in [0.25, 0.3) is 0 Å². The van der Waals surface area contributed by atoms with Gasteiger partial charge in [-0.05, 0) is 91.5 Å². The number of carbonyl (C=O) groups is 6. The van der Waals surface area contributed by atoms with Crippen LogP contribution in [0.5, 0.6) is 5.75 Å². The number of H-pyrrole nitrogens is 1. The van der Waals surface area contributed by atoms with Crippen molar-refractivity contribution in [2.75, 3.05) is 25.6 Å². The first-order valence-electron chi connectivity index (χ1n) is 21.8. The lowest BCUT2D eigenvalue weighted by atomic mass is 9.99. The van der Waals surface area contributed by atoms with Gasteiger partial charge in [0.15, 0.2) is 0 Å². The van der Waals surface area contributed by atoms with Gasteiger partial charge in [0.05, 0.1) is 0 Å².